The second-order valence-corrected chi connectivity index (χ2v) is 11.8. The van der Waals surface area contributed by atoms with Gasteiger partial charge in [0.05, 0.1) is 5.92 Å². The highest BCUT2D eigenvalue weighted by atomic mass is 16.5. The van der Waals surface area contributed by atoms with Crippen molar-refractivity contribution >= 4 is 11.6 Å². The SMILES string of the molecule is CC(C)(C)c1ccc(Oc2cccc([C@@H]3CC(=O)[C@H]([C@@H]4NCCc5ccccc54)C(=O)[C@@H]3n3cncn3)c2)cc1. The number of aromatic nitrogens is 3. The van der Waals surface area contributed by atoms with E-state index in [9.17, 15) is 9.59 Å². The van der Waals surface area contributed by atoms with Crippen LogP contribution in [0.2, 0.25) is 0 Å². The summed E-state index contributed by atoms with van der Waals surface area (Å²) in [5.74, 6) is 0.0325. The third-order valence-electron chi connectivity index (χ3n) is 8.19. The first-order chi connectivity index (χ1) is 19.3. The van der Waals surface area contributed by atoms with E-state index in [1.807, 2.05) is 54.6 Å². The third-order valence-corrected chi connectivity index (χ3v) is 8.19. The summed E-state index contributed by atoms with van der Waals surface area (Å²) in [6.07, 6.45) is 4.11. The molecule has 3 aromatic carbocycles. The average molecular weight is 535 g/mol. The van der Waals surface area contributed by atoms with Gasteiger partial charge in [-0.15, -0.1) is 0 Å². The van der Waals surface area contributed by atoms with E-state index >= 15 is 0 Å². The van der Waals surface area contributed by atoms with Crippen molar-refractivity contribution in [1.82, 2.24) is 20.1 Å². The number of hydrogen-bond acceptors (Lipinski definition) is 6. The first-order valence-electron chi connectivity index (χ1n) is 13.9. The molecule has 1 fully saturated rings. The Balaban J connectivity index is 1.31. The van der Waals surface area contributed by atoms with E-state index in [4.69, 9.17) is 4.74 Å². The Bertz CT molecular complexity index is 1520. The zero-order chi connectivity index (χ0) is 27.9. The van der Waals surface area contributed by atoms with Crippen molar-refractivity contribution in [3.63, 3.8) is 0 Å². The van der Waals surface area contributed by atoms with Gasteiger partial charge in [-0.3, -0.25) is 9.59 Å². The van der Waals surface area contributed by atoms with Crippen LogP contribution >= 0.6 is 0 Å². The number of Topliss-reactive ketones (excluding diaryl/α,β-unsaturated/α-hetero) is 2. The van der Waals surface area contributed by atoms with Crippen molar-refractivity contribution in [1.29, 1.82) is 0 Å². The number of benzene rings is 3. The van der Waals surface area contributed by atoms with E-state index in [0.717, 1.165) is 29.8 Å². The first kappa shape index (κ1) is 26.1. The van der Waals surface area contributed by atoms with Crippen LogP contribution in [-0.4, -0.2) is 32.9 Å². The van der Waals surface area contributed by atoms with Crippen molar-refractivity contribution in [2.45, 2.75) is 57.0 Å². The third kappa shape index (κ3) is 4.97. The number of carbonyl (C=O) groups is 2. The molecular formula is C33H34N4O3. The van der Waals surface area contributed by atoms with E-state index in [-0.39, 0.29) is 35.4 Å². The molecule has 1 N–H and O–H groups in total. The number of rotatable bonds is 5. The minimum Gasteiger partial charge on any atom is -0.457 e. The number of fused-ring (bicyclic) bond motifs is 1. The van der Waals surface area contributed by atoms with Crippen molar-refractivity contribution < 1.29 is 14.3 Å². The quantitative estimate of drug-likeness (QED) is 0.329. The molecule has 1 aliphatic carbocycles. The Morgan fingerprint density at radius 3 is 2.50 bits per heavy atom. The highest BCUT2D eigenvalue weighted by molar-refractivity contribution is 6.08. The van der Waals surface area contributed by atoms with E-state index < -0.39 is 12.0 Å². The predicted molar refractivity (Wildman–Crippen MR) is 152 cm³/mol. The van der Waals surface area contributed by atoms with Gasteiger partial charge in [0.25, 0.3) is 0 Å². The lowest BCUT2D eigenvalue weighted by Gasteiger charge is -2.39. The Morgan fingerprint density at radius 1 is 0.950 bits per heavy atom. The van der Waals surface area contributed by atoms with Crippen molar-refractivity contribution in [2.75, 3.05) is 6.54 Å². The van der Waals surface area contributed by atoms with Gasteiger partial charge < -0.3 is 10.1 Å². The highest BCUT2D eigenvalue weighted by Crippen LogP contribution is 2.44. The van der Waals surface area contributed by atoms with E-state index in [0.29, 0.717) is 5.75 Å². The second kappa shape index (κ2) is 10.5. The minimum absolute atomic E-state index is 0.0512. The molecule has 4 atom stereocenters. The van der Waals surface area contributed by atoms with E-state index in [1.54, 1.807) is 11.0 Å². The van der Waals surface area contributed by atoms with Gasteiger partial charge in [0, 0.05) is 18.4 Å². The molecule has 40 heavy (non-hydrogen) atoms. The molecule has 0 saturated heterocycles. The van der Waals surface area contributed by atoms with Gasteiger partial charge in [-0.1, -0.05) is 69.3 Å². The van der Waals surface area contributed by atoms with Gasteiger partial charge >= 0.3 is 0 Å². The van der Waals surface area contributed by atoms with Crippen LogP contribution in [-0.2, 0) is 21.4 Å². The standard InChI is InChI=1S/C33H34N4O3/c1-33(2,3)23-11-13-24(14-12-23)40-25-9-6-8-22(17-25)27-18-28(38)29(32(39)31(27)37-20-34-19-36-37)30-26-10-5-4-7-21(26)15-16-35-30/h4-14,17,19-20,27,29-31,35H,15-16,18H2,1-3H3/t27-,29+,30+,31+/m0/s1. The van der Waals surface area contributed by atoms with Crippen molar-refractivity contribution in [2.24, 2.45) is 5.92 Å². The number of carbonyl (C=O) groups excluding carboxylic acids is 2. The number of nitrogens with one attached hydrogen (secondary N) is 1. The zero-order valence-corrected chi connectivity index (χ0v) is 23.1. The maximum atomic E-state index is 14.2. The van der Waals surface area contributed by atoms with Crippen molar-refractivity contribution in [3.05, 3.63) is 108 Å². The lowest BCUT2D eigenvalue weighted by molar-refractivity contribution is -0.141. The summed E-state index contributed by atoms with van der Waals surface area (Å²) in [5.41, 5.74) is 4.37. The maximum Gasteiger partial charge on any atom is 0.170 e. The monoisotopic (exact) mass is 534 g/mol. The topological polar surface area (TPSA) is 86.1 Å². The number of ether oxygens (including phenoxy) is 1. The van der Waals surface area contributed by atoms with Crippen LogP contribution in [0.4, 0.5) is 0 Å². The molecule has 1 aromatic heterocycles. The zero-order valence-electron chi connectivity index (χ0n) is 23.1. The molecule has 0 bridgehead atoms. The van der Waals surface area contributed by atoms with Gasteiger partial charge in [-0.2, -0.15) is 5.10 Å². The van der Waals surface area contributed by atoms with Gasteiger partial charge in [-0.05, 0) is 64.9 Å². The van der Waals surface area contributed by atoms with E-state index in [1.165, 1.54) is 17.5 Å². The molecule has 6 rings (SSSR count). The van der Waals surface area contributed by atoms with Crippen molar-refractivity contribution in [3.8, 4) is 11.5 Å². The Labute approximate surface area is 234 Å². The van der Waals surface area contributed by atoms with Gasteiger partial charge in [-0.25, -0.2) is 9.67 Å². The molecule has 1 aliphatic heterocycles. The van der Waals surface area contributed by atoms with Crippen LogP contribution < -0.4 is 10.1 Å². The number of hydrogen-bond donors (Lipinski definition) is 1. The molecule has 1 saturated carbocycles. The van der Waals surface area contributed by atoms with Crippen LogP contribution in [0, 0.1) is 5.92 Å². The van der Waals surface area contributed by atoms with Gasteiger partial charge in [0.1, 0.15) is 36.0 Å². The molecular weight excluding hydrogens is 500 g/mol. The summed E-state index contributed by atoms with van der Waals surface area (Å²) < 4.78 is 7.81. The fourth-order valence-electron chi connectivity index (χ4n) is 6.13. The molecule has 0 radical (unpaired) electrons. The number of nitrogens with zero attached hydrogens (tertiary/aromatic N) is 3. The molecule has 0 unspecified atom stereocenters. The van der Waals surface area contributed by atoms with Crippen LogP contribution in [0.3, 0.4) is 0 Å². The highest BCUT2D eigenvalue weighted by Gasteiger charge is 2.49. The molecule has 0 spiro atoms. The predicted octanol–water partition coefficient (Wildman–Crippen LogP) is 5.74. The summed E-state index contributed by atoms with van der Waals surface area (Å²) in [5, 5.41) is 7.82. The molecule has 7 nitrogen and oxygen atoms in total. The second-order valence-electron chi connectivity index (χ2n) is 11.8. The normalized spacial score (nSPS) is 23.1. The fourth-order valence-corrected chi connectivity index (χ4v) is 6.13. The maximum absolute atomic E-state index is 14.2. The molecule has 0 amide bonds. The van der Waals surface area contributed by atoms with Crippen LogP contribution in [0.15, 0.2) is 85.5 Å². The van der Waals surface area contributed by atoms with Gasteiger partial charge in [0.2, 0.25) is 0 Å². The Morgan fingerprint density at radius 2 is 1.75 bits per heavy atom. The number of ketones is 2. The van der Waals surface area contributed by atoms with Crippen LogP contribution in [0.5, 0.6) is 11.5 Å². The average Bonchev–Trinajstić information content (AvgIpc) is 3.47. The summed E-state index contributed by atoms with van der Waals surface area (Å²) in [4.78, 5) is 32.1. The van der Waals surface area contributed by atoms with Gasteiger partial charge in [0.15, 0.2) is 5.78 Å². The van der Waals surface area contributed by atoms with E-state index in [2.05, 4.69) is 54.4 Å². The molecule has 4 aromatic rings. The molecule has 2 aliphatic rings. The smallest absolute Gasteiger partial charge is 0.170 e. The molecule has 2 heterocycles. The fraction of sp³-hybridized carbons (Fsp3) is 0.333. The molecule has 204 valence electrons. The Kier molecular flexibility index (Phi) is 6.84. The summed E-state index contributed by atoms with van der Waals surface area (Å²) in [6, 6.07) is 22.9. The van der Waals surface area contributed by atoms with Crippen LogP contribution in [0.25, 0.3) is 0 Å². The lowest BCUT2D eigenvalue weighted by atomic mass is 9.69. The molecule has 7 heteroatoms. The largest absolute Gasteiger partial charge is 0.457 e. The summed E-state index contributed by atoms with van der Waals surface area (Å²) in [7, 11) is 0. The van der Waals surface area contributed by atoms with Crippen LogP contribution in [0.1, 0.15) is 67.4 Å². The summed E-state index contributed by atoms with van der Waals surface area (Å²) in [6.45, 7) is 7.27. The lowest BCUT2D eigenvalue weighted by Crippen LogP contribution is -2.48. The first-order valence-corrected chi connectivity index (χ1v) is 13.9. The minimum atomic E-state index is -0.785. The Hall–Kier alpha value is -4.10. The summed E-state index contributed by atoms with van der Waals surface area (Å²) >= 11 is 0.